The smallest absolute Gasteiger partial charge is 0.122 e. The maximum absolute atomic E-state index is 9.98. The van der Waals surface area contributed by atoms with Crippen molar-refractivity contribution in [3.63, 3.8) is 0 Å². The Kier molecular flexibility index (Phi) is 6.69. The Morgan fingerprint density at radius 2 is 1.86 bits per heavy atom. The van der Waals surface area contributed by atoms with Gasteiger partial charge in [-0.25, -0.2) is 0 Å². The van der Waals surface area contributed by atoms with Crippen LogP contribution in [-0.4, -0.2) is 30.9 Å². The van der Waals surface area contributed by atoms with Crippen molar-refractivity contribution in [2.75, 3.05) is 19.7 Å². The third kappa shape index (κ3) is 6.49. The zero-order valence-electron chi connectivity index (χ0n) is 14.4. The van der Waals surface area contributed by atoms with Crippen LogP contribution in [0.25, 0.3) is 0 Å². The van der Waals surface area contributed by atoms with Crippen LogP contribution in [0.5, 0.6) is 5.75 Å². The van der Waals surface area contributed by atoms with Gasteiger partial charge in [-0.15, -0.1) is 0 Å². The molecule has 0 amide bonds. The summed E-state index contributed by atoms with van der Waals surface area (Å²) in [6.45, 7) is 14.8. The van der Waals surface area contributed by atoms with Crippen LogP contribution in [0.4, 0.5) is 0 Å². The second-order valence-corrected chi connectivity index (χ2v) is 7.16. The third-order valence-corrected chi connectivity index (χ3v) is 4.07. The van der Waals surface area contributed by atoms with E-state index in [1.807, 2.05) is 19.1 Å². The fourth-order valence-electron chi connectivity index (χ4n) is 1.98. The molecule has 0 spiro atoms. The summed E-state index contributed by atoms with van der Waals surface area (Å²) in [5.41, 5.74) is 2.61. The van der Waals surface area contributed by atoms with Gasteiger partial charge in [0.25, 0.3) is 0 Å². The van der Waals surface area contributed by atoms with E-state index in [9.17, 15) is 5.11 Å². The summed E-state index contributed by atoms with van der Waals surface area (Å²) < 4.78 is 5.69. The van der Waals surface area contributed by atoms with Crippen LogP contribution in [0.2, 0.25) is 0 Å². The molecular formula is C18H31NO2. The molecule has 0 bridgehead atoms. The number of hydrogen-bond donors (Lipinski definition) is 2. The summed E-state index contributed by atoms with van der Waals surface area (Å²) in [6.07, 6.45) is -0.488. The molecule has 3 nitrogen and oxygen atoms in total. The second-order valence-electron chi connectivity index (χ2n) is 7.16. The normalized spacial score (nSPS) is 14.8. The minimum atomic E-state index is -0.488. The van der Waals surface area contributed by atoms with Gasteiger partial charge in [-0.05, 0) is 43.4 Å². The van der Waals surface area contributed by atoms with Crippen LogP contribution in [-0.2, 0) is 0 Å². The molecule has 0 aliphatic heterocycles. The van der Waals surface area contributed by atoms with E-state index in [0.717, 1.165) is 17.9 Å². The fraction of sp³-hybridized carbons (Fsp3) is 0.667. The molecule has 0 saturated heterocycles. The van der Waals surface area contributed by atoms with E-state index < -0.39 is 6.10 Å². The Bertz CT molecular complexity index is 437. The van der Waals surface area contributed by atoms with E-state index in [0.29, 0.717) is 19.1 Å². The Balaban J connectivity index is 2.30. The molecule has 0 heterocycles. The second kappa shape index (κ2) is 7.81. The molecule has 0 saturated carbocycles. The highest BCUT2D eigenvalue weighted by molar-refractivity contribution is 5.35. The lowest BCUT2D eigenvalue weighted by Crippen LogP contribution is -2.36. The lowest BCUT2D eigenvalue weighted by atomic mass is 9.82. The standard InChI is InChI=1S/C18H31NO2/c1-13-7-8-17(14(2)9-13)21-12-16(20)11-19-10-15(3)18(4,5)6/h7-9,15-16,19-20H,10-12H2,1-6H3. The van der Waals surface area contributed by atoms with Gasteiger partial charge < -0.3 is 15.2 Å². The molecule has 0 radical (unpaired) electrons. The first-order valence-corrected chi connectivity index (χ1v) is 7.79. The Hall–Kier alpha value is -1.06. The van der Waals surface area contributed by atoms with E-state index in [1.54, 1.807) is 0 Å². The minimum absolute atomic E-state index is 0.285. The molecule has 1 aromatic carbocycles. The molecule has 2 atom stereocenters. The maximum atomic E-state index is 9.98. The lowest BCUT2D eigenvalue weighted by molar-refractivity contribution is 0.103. The topological polar surface area (TPSA) is 41.5 Å². The SMILES string of the molecule is Cc1ccc(OCC(O)CNCC(C)C(C)(C)C)c(C)c1. The molecule has 3 heteroatoms. The molecule has 0 aliphatic carbocycles. The maximum Gasteiger partial charge on any atom is 0.122 e. The monoisotopic (exact) mass is 293 g/mol. The van der Waals surface area contributed by atoms with Gasteiger partial charge in [0.1, 0.15) is 18.5 Å². The van der Waals surface area contributed by atoms with Crippen molar-refractivity contribution in [1.29, 1.82) is 0 Å². The van der Waals surface area contributed by atoms with Crippen molar-refractivity contribution in [3.05, 3.63) is 29.3 Å². The Morgan fingerprint density at radius 1 is 1.19 bits per heavy atom. The van der Waals surface area contributed by atoms with Gasteiger partial charge in [0.15, 0.2) is 0 Å². The summed E-state index contributed by atoms with van der Waals surface area (Å²) in [5, 5.41) is 13.3. The van der Waals surface area contributed by atoms with Crippen molar-refractivity contribution in [1.82, 2.24) is 5.32 Å². The molecule has 1 aromatic rings. The van der Waals surface area contributed by atoms with Crippen LogP contribution in [0.15, 0.2) is 18.2 Å². The predicted molar refractivity (Wildman–Crippen MR) is 88.9 cm³/mol. The first-order valence-electron chi connectivity index (χ1n) is 7.79. The van der Waals surface area contributed by atoms with Gasteiger partial charge in [0.2, 0.25) is 0 Å². The average molecular weight is 293 g/mol. The Morgan fingerprint density at radius 3 is 2.43 bits per heavy atom. The number of ether oxygens (including phenoxy) is 1. The number of aliphatic hydroxyl groups excluding tert-OH is 1. The molecule has 120 valence electrons. The predicted octanol–water partition coefficient (Wildman–Crippen LogP) is 3.31. The van der Waals surface area contributed by atoms with Crippen molar-refractivity contribution >= 4 is 0 Å². The van der Waals surface area contributed by atoms with Crippen LogP contribution < -0.4 is 10.1 Å². The molecule has 2 N–H and O–H groups in total. The highest BCUT2D eigenvalue weighted by atomic mass is 16.5. The van der Waals surface area contributed by atoms with Gasteiger partial charge in [-0.3, -0.25) is 0 Å². The molecule has 0 aliphatic rings. The van der Waals surface area contributed by atoms with Gasteiger partial charge in [-0.1, -0.05) is 45.4 Å². The fourth-order valence-corrected chi connectivity index (χ4v) is 1.98. The lowest BCUT2D eigenvalue weighted by Gasteiger charge is -2.27. The molecule has 2 unspecified atom stereocenters. The van der Waals surface area contributed by atoms with Crippen LogP contribution in [0, 0.1) is 25.2 Å². The van der Waals surface area contributed by atoms with E-state index in [4.69, 9.17) is 4.74 Å². The Labute approximate surface area is 129 Å². The zero-order chi connectivity index (χ0) is 16.0. The van der Waals surface area contributed by atoms with Crippen LogP contribution >= 0.6 is 0 Å². The van der Waals surface area contributed by atoms with E-state index in [-0.39, 0.29) is 5.41 Å². The largest absolute Gasteiger partial charge is 0.491 e. The van der Waals surface area contributed by atoms with Crippen molar-refractivity contribution in [3.8, 4) is 5.75 Å². The molecule has 0 aromatic heterocycles. The number of nitrogens with one attached hydrogen (secondary N) is 1. The first kappa shape index (κ1) is 18.0. The van der Waals surface area contributed by atoms with Gasteiger partial charge in [0, 0.05) is 6.54 Å². The van der Waals surface area contributed by atoms with Crippen molar-refractivity contribution in [2.24, 2.45) is 11.3 Å². The van der Waals surface area contributed by atoms with E-state index in [1.165, 1.54) is 5.56 Å². The van der Waals surface area contributed by atoms with Gasteiger partial charge >= 0.3 is 0 Å². The highest BCUT2D eigenvalue weighted by Gasteiger charge is 2.19. The van der Waals surface area contributed by atoms with Crippen molar-refractivity contribution < 1.29 is 9.84 Å². The molecular weight excluding hydrogens is 262 g/mol. The number of aliphatic hydroxyl groups is 1. The zero-order valence-corrected chi connectivity index (χ0v) is 14.4. The van der Waals surface area contributed by atoms with Gasteiger partial charge in [-0.2, -0.15) is 0 Å². The van der Waals surface area contributed by atoms with Crippen LogP contribution in [0.3, 0.4) is 0 Å². The number of aryl methyl sites for hydroxylation is 2. The minimum Gasteiger partial charge on any atom is -0.491 e. The summed E-state index contributed by atoms with van der Waals surface area (Å²) >= 11 is 0. The molecule has 21 heavy (non-hydrogen) atoms. The average Bonchev–Trinajstić information content (AvgIpc) is 2.36. The quantitative estimate of drug-likeness (QED) is 0.810. The molecule has 0 fully saturated rings. The van der Waals surface area contributed by atoms with E-state index >= 15 is 0 Å². The van der Waals surface area contributed by atoms with E-state index in [2.05, 4.69) is 46.0 Å². The third-order valence-electron chi connectivity index (χ3n) is 4.07. The number of benzene rings is 1. The first-order chi connectivity index (χ1) is 9.70. The summed E-state index contributed by atoms with van der Waals surface area (Å²) in [5.74, 6) is 1.41. The summed E-state index contributed by atoms with van der Waals surface area (Å²) in [6, 6.07) is 6.08. The highest BCUT2D eigenvalue weighted by Crippen LogP contribution is 2.24. The van der Waals surface area contributed by atoms with Crippen LogP contribution in [0.1, 0.15) is 38.8 Å². The summed E-state index contributed by atoms with van der Waals surface area (Å²) in [4.78, 5) is 0. The molecule has 1 rings (SSSR count). The van der Waals surface area contributed by atoms with Gasteiger partial charge in [0.05, 0.1) is 0 Å². The number of hydrogen-bond acceptors (Lipinski definition) is 3. The summed E-state index contributed by atoms with van der Waals surface area (Å²) in [7, 11) is 0. The van der Waals surface area contributed by atoms with Crippen molar-refractivity contribution in [2.45, 2.75) is 47.6 Å². The number of rotatable bonds is 7.